The molecule has 0 radical (unpaired) electrons. The minimum Gasteiger partial charge on any atom is -0.481 e. The largest absolute Gasteiger partial charge is 0.481 e. The molecule has 8 heteroatoms. The average molecular weight is 332 g/mol. The van der Waals surface area contributed by atoms with Gasteiger partial charge in [-0.25, -0.2) is 8.42 Å². The van der Waals surface area contributed by atoms with Crippen LogP contribution in [-0.2, 0) is 21.2 Å². The second kappa shape index (κ2) is 6.43. The SMILES string of the molecule is CN(C)CC1CCCN1S(=O)(=O)c1ccc(CC(=O)O)s1. The van der Waals surface area contributed by atoms with Crippen molar-refractivity contribution < 1.29 is 18.3 Å². The number of carboxylic acids is 1. The van der Waals surface area contributed by atoms with Gasteiger partial charge in [-0.3, -0.25) is 4.79 Å². The van der Waals surface area contributed by atoms with E-state index in [0.29, 0.717) is 18.0 Å². The van der Waals surface area contributed by atoms with Gasteiger partial charge in [-0.15, -0.1) is 11.3 Å². The number of carbonyl (C=O) groups is 1. The Bertz CT molecular complexity index is 609. The lowest BCUT2D eigenvalue weighted by Crippen LogP contribution is -2.40. The predicted molar refractivity (Wildman–Crippen MR) is 81.1 cm³/mol. The van der Waals surface area contributed by atoms with Crippen LogP contribution in [0.25, 0.3) is 0 Å². The molecule has 2 rings (SSSR count). The topological polar surface area (TPSA) is 77.9 Å². The predicted octanol–water partition coefficient (Wildman–Crippen LogP) is 1.09. The quantitative estimate of drug-likeness (QED) is 0.844. The smallest absolute Gasteiger partial charge is 0.308 e. The van der Waals surface area contributed by atoms with Crippen LogP contribution in [0, 0.1) is 0 Å². The van der Waals surface area contributed by atoms with E-state index >= 15 is 0 Å². The Labute approximate surface area is 129 Å². The lowest BCUT2D eigenvalue weighted by Gasteiger charge is -2.25. The van der Waals surface area contributed by atoms with E-state index in [1.54, 1.807) is 10.4 Å². The molecule has 0 aliphatic carbocycles. The highest BCUT2D eigenvalue weighted by atomic mass is 32.2. The molecule has 1 fully saturated rings. The van der Waals surface area contributed by atoms with E-state index in [2.05, 4.69) is 0 Å². The number of hydrogen-bond donors (Lipinski definition) is 1. The van der Waals surface area contributed by atoms with Crippen molar-refractivity contribution in [2.45, 2.75) is 29.5 Å². The normalized spacial score (nSPS) is 20.2. The van der Waals surface area contributed by atoms with Gasteiger partial charge in [-0.05, 0) is 39.1 Å². The molecule has 1 N–H and O–H groups in total. The van der Waals surface area contributed by atoms with Gasteiger partial charge in [0.05, 0.1) is 6.42 Å². The fourth-order valence-corrected chi connectivity index (χ4v) is 5.75. The summed E-state index contributed by atoms with van der Waals surface area (Å²) in [5.41, 5.74) is 0. The summed E-state index contributed by atoms with van der Waals surface area (Å²) < 4.78 is 27.2. The van der Waals surface area contributed by atoms with Crippen molar-refractivity contribution in [1.29, 1.82) is 0 Å². The van der Waals surface area contributed by atoms with Gasteiger partial charge in [-0.2, -0.15) is 4.31 Å². The summed E-state index contributed by atoms with van der Waals surface area (Å²) >= 11 is 1.05. The fraction of sp³-hybridized carbons (Fsp3) is 0.615. The number of likely N-dealkylation sites (N-methyl/N-ethyl adjacent to an activating group) is 1. The molecule has 21 heavy (non-hydrogen) atoms. The van der Waals surface area contributed by atoms with Crippen molar-refractivity contribution in [2.24, 2.45) is 0 Å². The Morgan fingerprint density at radius 3 is 2.81 bits per heavy atom. The van der Waals surface area contributed by atoms with Crippen molar-refractivity contribution in [3.8, 4) is 0 Å². The first-order valence-corrected chi connectivity index (χ1v) is 9.03. The van der Waals surface area contributed by atoms with Gasteiger partial charge in [0.15, 0.2) is 0 Å². The van der Waals surface area contributed by atoms with E-state index in [1.807, 2.05) is 19.0 Å². The van der Waals surface area contributed by atoms with Crippen LogP contribution in [0.15, 0.2) is 16.3 Å². The van der Waals surface area contributed by atoms with Gasteiger partial charge in [0, 0.05) is 24.0 Å². The highest BCUT2D eigenvalue weighted by Gasteiger charge is 2.36. The van der Waals surface area contributed by atoms with E-state index < -0.39 is 16.0 Å². The lowest BCUT2D eigenvalue weighted by molar-refractivity contribution is -0.136. The molecule has 2 heterocycles. The molecule has 0 bridgehead atoms. The Balaban J connectivity index is 2.20. The van der Waals surface area contributed by atoms with Crippen LogP contribution in [0.1, 0.15) is 17.7 Å². The van der Waals surface area contributed by atoms with Crippen molar-refractivity contribution in [3.05, 3.63) is 17.0 Å². The number of thiophene rings is 1. The third kappa shape index (κ3) is 3.82. The molecule has 118 valence electrons. The highest BCUT2D eigenvalue weighted by Crippen LogP contribution is 2.30. The summed E-state index contributed by atoms with van der Waals surface area (Å²) in [5, 5.41) is 8.77. The van der Waals surface area contributed by atoms with E-state index in [0.717, 1.165) is 24.2 Å². The van der Waals surface area contributed by atoms with E-state index in [-0.39, 0.29) is 16.7 Å². The second-order valence-electron chi connectivity index (χ2n) is 5.47. The molecule has 6 nitrogen and oxygen atoms in total. The van der Waals surface area contributed by atoms with Crippen LogP contribution < -0.4 is 0 Å². The Kier molecular flexibility index (Phi) is 5.03. The first kappa shape index (κ1) is 16.4. The molecule has 0 spiro atoms. The van der Waals surface area contributed by atoms with Crippen LogP contribution in [0.2, 0.25) is 0 Å². The fourth-order valence-electron chi connectivity index (χ4n) is 2.59. The molecule has 1 unspecified atom stereocenters. The second-order valence-corrected chi connectivity index (χ2v) is 8.75. The van der Waals surface area contributed by atoms with Gasteiger partial charge in [0.25, 0.3) is 10.0 Å². The molecule has 0 aromatic carbocycles. The van der Waals surface area contributed by atoms with E-state index in [1.165, 1.54) is 6.07 Å². The average Bonchev–Trinajstić information content (AvgIpc) is 2.96. The molecule has 0 saturated carbocycles. The lowest BCUT2D eigenvalue weighted by atomic mass is 10.2. The minimum atomic E-state index is -3.52. The maximum atomic E-state index is 12.7. The number of carboxylic acid groups (broad SMARTS) is 1. The first-order chi connectivity index (χ1) is 9.80. The molecule has 1 aromatic heterocycles. The monoisotopic (exact) mass is 332 g/mol. The van der Waals surface area contributed by atoms with Crippen molar-refractivity contribution in [1.82, 2.24) is 9.21 Å². The van der Waals surface area contributed by atoms with Gasteiger partial charge in [0.2, 0.25) is 0 Å². The van der Waals surface area contributed by atoms with Crippen molar-refractivity contribution in [2.75, 3.05) is 27.2 Å². The molecule has 1 aliphatic heterocycles. The third-order valence-electron chi connectivity index (χ3n) is 3.42. The zero-order chi connectivity index (χ0) is 15.6. The first-order valence-electron chi connectivity index (χ1n) is 6.78. The summed E-state index contributed by atoms with van der Waals surface area (Å²) in [6.45, 7) is 1.24. The maximum Gasteiger partial charge on any atom is 0.308 e. The van der Waals surface area contributed by atoms with Crippen LogP contribution in [0.4, 0.5) is 0 Å². The number of nitrogens with zero attached hydrogens (tertiary/aromatic N) is 2. The molecule has 0 amide bonds. The van der Waals surface area contributed by atoms with Gasteiger partial charge in [-0.1, -0.05) is 0 Å². The summed E-state index contributed by atoms with van der Waals surface area (Å²) in [6.07, 6.45) is 1.59. The maximum absolute atomic E-state index is 12.7. The van der Waals surface area contributed by atoms with Crippen LogP contribution >= 0.6 is 11.3 Å². The Morgan fingerprint density at radius 2 is 2.19 bits per heavy atom. The molecule has 1 aromatic rings. The van der Waals surface area contributed by atoms with E-state index in [4.69, 9.17) is 5.11 Å². The Hall–Kier alpha value is -0.960. The molecule has 1 aliphatic rings. The molecular weight excluding hydrogens is 312 g/mol. The number of rotatable bonds is 6. The summed E-state index contributed by atoms with van der Waals surface area (Å²) in [6, 6.07) is 3.10. The van der Waals surface area contributed by atoms with Crippen LogP contribution in [0.3, 0.4) is 0 Å². The molecular formula is C13H20N2O4S2. The van der Waals surface area contributed by atoms with Gasteiger partial charge >= 0.3 is 5.97 Å². The van der Waals surface area contributed by atoms with Crippen molar-refractivity contribution >= 4 is 27.3 Å². The number of hydrogen-bond acceptors (Lipinski definition) is 5. The zero-order valence-electron chi connectivity index (χ0n) is 12.2. The zero-order valence-corrected chi connectivity index (χ0v) is 13.8. The van der Waals surface area contributed by atoms with Gasteiger partial charge < -0.3 is 10.0 Å². The van der Waals surface area contributed by atoms with Crippen LogP contribution in [0.5, 0.6) is 0 Å². The third-order valence-corrected chi connectivity index (χ3v) is 6.93. The summed E-state index contributed by atoms with van der Waals surface area (Å²) in [4.78, 5) is 13.2. The summed E-state index contributed by atoms with van der Waals surface area (Å²) in [5.74, 6) is -0.951. The molecule has 1 saturated heterocycles. The van der Waals surface area contributed by atoms with E-state index in [9.17, 15) is 13.2 Å². The van der Waals surface area contributed by atoms with Crippen LogP contribution in [-0.4, -0.2) is 61.9 Å². The van der Waals surface area contributed by atoms with Crippen molar-refractivity contribution in [3.63, 3.8) is 0 Å². The Morgan fingerprint density at radius 1 is 1.48 bits per heavy atom. The number of aliphatic carboxylic acids is 1. The highest BCUT2D eigenvalue weighted by molar-refractivity contribution is 7.91. The number of sulfonamides is 1. The minimum absolute atomic E-state index is 0.00461. The molecule has 1 atom stereocenters. The summed E-state index contributed by atoms with van der Waals surface area (Å²) in [7, 11) is 0.343. The standard InChI is InChI=1S/C13H20N2O4S2/c1-14(2)9-10-4-3-7-15(10)21(18,19)13-6-5-11(20-13)8-12(16)17/h5-6,10H,3-4,7-9H2,1-2H3,(H,16,17). The van der Waals surface area contributed by atoms with Gasteiger partial charge in [0.1, 0.15) is 4.21 Å².